The molecule has 1 fully saturated rings. The molecule has 5 heteroatoms. The molecule has 0 radical (unpaired) electrons. The molecule has 5 nitrogen and oxygen atoms in total. The van der Waals surface area contributed by atoms with Gasteiger partial charge < -0.3 is 9.84 Å². The molecule has 124 valence electrons. The Morgan fingerprint density at radius 2 is 2.09 bits per heavy atom. The van der Waals surface area contributed by atoms with Gasteiger partial charge in [-0.1, -0.05) is 25.3 Å². The third kappa shape index (κ3) is 2.98. The normalized spacial score (nSPS) is 25.3. The Morgan fingerprint density at radius 3 is 2.78 bits per heavy atom. The standard InChI is InChI=1S/C18H24N2O3/c1-13-12-18(22,15-8-4-3-5-9-15)20(19-13)17(21)14-7-6-10-16(11-14)23-2/h6-7,10-11,15,22H,3-5,8-9,12H2,1-2H3. The number of nitrogens with zero attached hydrogens (tertiary/aromatic N) is 2. The Bertz CT molecular complexity index is 622. The first-order valence-corrected chi connectivity index (χ1v) is 8.29. The third-order valence-electron chi connectivity index (χ3n) is 4.92. The Labute approximate surface area is 136 Å². The molecule has 0 spiro atoms. The number of amides is 1. The molecule has 1 amide bonds. The molecule has 1 atom stereocenters. The molecular formula is C18H24N2O3. The summed E-state index contributed by atoms with van der Waals surface area (Å²) >= 11 is 0. The summed E-state index contributed by atoms with van der Waals surface area (Å²) in [7, 11) is 1.57. The first-order valence-electron chi connectivity index (χ1n) is 8.29. The summed E-state index contributed by atoms with van der Waals surface area (Å²) in [6.45, 7) is 1.87. The van der Waals surface area contributed by atoms with Crippen LogP contribution in [0.2, 0.25) is 0 Å². The zero-order chi connectivity index (χ0) is 16.4. The Balaban J connectivity index is 1.89. The summed E-state index contributed by atoms with van der Waals surface area (Å²) in [5.74, 6) is 0.442. The molecule has 1 aromatic rings. The molecule has 1 saturated carbocycles. The molecule has 0 bridgehead atoms. The van der Waals surface area contributed by atoms with Crippen LogP contribution in [0, 0.1) is 5.92 Å². The minimum absolute atomic E-state index is 0.0898. The van der Waals surface area contributed by atoms with Crippen molar-refractivity contribution in [3.63, 3.8) is 0 Å². The smallest absolute Gasteiger partial charge is 0.276 e. The average Bonchev–Trinajstić information content (AvgIpc) is 2.91. The van der Waals surface area contributed by atoms with Gasteiger partial charge in [-0.25, -0.2) is 0 Å². The van der Waals surface area contributed by atoms with Gasteiger partial charge in [0.15, 0.2) is 5.72 Å². The molecule has 0 saturated heterocycles. The lowest BCUT2D eigenvalue weighted by atomic mass is 9.79. The maximum Gasteiger partial charge on any atom is 0.276 e. The maximum atomic E-state index is 12.9. The van der Waals surface area contributed by atoms with Crippen LogP contribution in [-0.2, 0) is 0 Å². The van der Waals surface area contributed by atoms with Crippen LogP contribution in [0.25, 0.3) is 0 Å². The molecule has 0 aromatic heterocycles. The van der Waals surface area contributed by atoms with Gasteiger partial charge in [-0.05, 0) is 38.0 Å². The summed E-state index contributed by atoms with van der Waals surface area (Å²) in [4.78, 5) is 12.9. The van der Waals surface area contributed by atoms with Gasteiger partial charge in [0.05, 0.1) is 7.11 Å². The van der Waals surface area contributed by atoms with Crippen molar-refractivity contribution < 1.29 is 14.6 Å². The highest BCUT2D eigenvalue weighted by atomic mass is 16.5. The molecule has 1 N–H and O–H groups in total. The van der Waals surface area contributed by atoms with E-state index in [0.717, 1.165) is 31.4 Å². The van der Waals surface area contributed by atoms with Crippen molar-refractivity contribution in [3.8, 4) is 5.75 Å². The molecule has 1 aliphatic heterocycles. The SMILES string of the molecule is COc1cccc(C(=O)N2N=C(C)CC2(O)C2CCCCC2)c1. The van der Waals surface area contributed by atoms with Crippen LogP contribution in [0.5, 0.6) is 5.75 Å². The van der Waals surface area contributed by atoms with Crippen molar-refractivity contribution in [2.75, 3.05) is 7.11 Å². The topological polar surface area (TPSA) is 62.1 Å². The first-order chi connectivity index (χ1) is 11.0. The molecule has 2 aliphatic rings. The van der Waals surface area contributed by atoms with E-state index in [4.69, 9.17) is 4.74 Å². The average molecular weight is 316 g/mol. The van der Waals surface area contributed by atoms with E-state index in [1.807, 2.05) is 6.92 Å². The van der Waals surface area contributed by atoms with Gasteiger partial charge >= 0.3 is 0 Å². The molecule has 1 aromatic carbocycles. The predicted molar refractivity (Wildman–Crippen MR) is 88.4 cm³/mol. The van der Waals surface area contributed by atoms with Crippen LogP contribution in [0.4, 0.5) is 0 Å². The van der Waals surface area contributed by atoms with E-state index in [1.165, 1.54) is 11.4 Å². The van der Waals surface area contributed by atoms with Gasteiger partial charge in [0.2, 0.25) is 0 Å². The fourth-order valence-electron chi connectivity index (χ4n) is 3.73. The largest absolute Gasteiger partial charge is 0.497 e. The van der Waals surface area contributed by atoms with Gasteiger partial charge in [0, 0.05) is 23.6 Å². The monoisotopic (exact) mass is 316 g/mol. The molecule has 1 aliphatic carbocycles. The summed E-state index contributed by atoms with van der Waals surface area (Å²) in [5.41, 5.74) is 0.0938. The van der Waals surface area contributed by atoms with Crippen molar-refractivity contribution in [1.29, 1.82) is 0 Å². The van der Waals surface area contributed by atoms with Crippen molar-refractivity contribution in [2.45, 2.75) is 51.2 Å². The summed E-state index contributed by atoms with van der Waals surface area (Å²) in [6.07, 6.45) is 5.74. The number of carbonyl (C=O) groups is 1. The Hall–Kier alpha value is -1.88. The van der Waals surface area contributed by atoms with Crippen LogP contribution in [-0.4, -0.2) is 34.6 Å². The van der Waals surface area contributed by atoms with Crippen molar-refractivity contribution in [1.82, 2.24) is 5.01 Å². The Morgan fingerprint density at radius 1 is 1.35 bits per heavy atom. The second kappa shape index (κ2) is 6.32. The van der Waals surface area contributed by atoms with Gasteiger partial charge in [-0.3, -0.25) is 4.79 Å². The minimum atomic E-state index is -1.19. The first kappa shape index (κ1) is 16.0. The highest BCUT2D eigenvalue weighted by Crippen LogP contribution is 2.41. The minimum Gasteiger partial charge on any atom is -0.497 e. The second-order valence-electron chi connectivity index (χ2n) is 6.57. The number of hydrogen-bond donors (Lipinski definition) is 1. The predicted octanol–water partition coefficient (Wildman–Crippen LogP) is 3.19. The van der Waals surface area contributed by atoms with Crippen molar-refractivity contribution >= 4 is 11.6 Å². The van der Waals surface area contributed by atoms with E-state index < -0.39 is 5.72 Å². The zero-order valence-electron chi connectivity index (χ0n) is 13.8. The van der Waals surface area contributed by atoms with Gasteiger partial charge in [0.1, 0.15) is 5.75 Å². The lowest BCUT2D eigenvalue weighted by Gasteiger charge is -2.40. The molecular weight excluding hydrogens is 292 g/mol. The molecule has 1 heterocycles. The molecule has 1 unspecified atom stereocenters. The molecule has 3 rings (SSSR count). The van der Waals surface area contributed by atoms with Crippen LogP contribution >= 0.6 is 0 Å². The number of ether oxygens (including phenoxy) is 1. The van der Waals surface area contributed by atoms with Crippen LogP contribution in [0.3, 0.4) is 0 Å². The van der Waals surface area contributed by atoms with Gasteiger partial charge in [0.25, 0.3) is 5.91 Å². The van der Waals surface area contributed by atoms with Gasteiger partial charge in [-0.2, -0.15) is 10.1 Å². The van der Waals surface area contributed by atoms with Crippen LogP contribution in [0.15, 0.2) is 29.4 Å². The van der Waals surface area contributed by atoms with E-state index in [-0.39, 0.29) is 11.8 Å². The fraction of sp³-hybridized carbons (Fsp3) is 0.556. The van der Waals surface area contributed by atoms with Crippen LogP contribution in [0.1, 0.15) is 55.8 Å². The van der Waals surface area contributed by atoms with E-state index >= 15 is 0 Å². The number of hydrazone groups is 1. The maximum absolute atomic E-state index is 12.9. The van der Waals surface area contributed by atoms with E-state index in [2.05, 4.69) is 5.10 Å². The fourth-order valence-corrected chi connectivity index (χ4v) is 3.73. The van der Waals surface area contributed by atoms with Crippen LogP contribution < -0.4 is 4.74 Å². The van der Waals surface area contributed by atoms with Crippen molar-refractivity contribution in [3.05, 3.63) is 29.8 Å². The summed E-state index contributed by atoms with van der Waals surface area (Å²) in [5, 5.41) is 16.9. The number of rotatable bonds is 3. The quantitative estimate of drug-likeness (QED) is 0.931. The third-order valence-corrected chi connectivity index (χ3v) is 4.92. The van der Waals surface area contributed by atoms with Crippen molar-refractivity contribution in [2.24, 2.45) is 11.0 Å². The highest BCUT2D eigenvalue weighted by molar-refractivity contribution is 5.98. The summed E-state index contributed by atoms with van der Waals surface area (Å²) in [6, 6.07) is 6.99. The molecule has 23 heavy (non-hydrogen) atoms. The van der Waals surface area contributed by atoms with E-state index in [9.17, 15) is 9.90 Å². The zero-order valence-corrected chi connectivity index (χ0v) is 13.8. The number of aliphatic hydroxyl groups is 1. The van der Waals surface area contributed by atoms with E-state index in [1.54, 1.807) is 31.4 Å². The number of carbonyl (C=O) groups excluding carboxylic acids is 1. The van der Waals surface area contributed by atoms with E-state index in [0.29, 0.717) is 17.7 Å². The lowest BCUT2D eigenvalue weighted by molar-refractivity contribution is -0.122. The summed E-state index contributed by atoms with van der Waals surface area (Å²) < 4.78 is 5.19. The number of benzene rings is 1. The highest BCUT2D eigenvalue weighted by Gasteiger charge is 2.49. The number of hydrogen-bond acceptors (Lipinski definition) is 4. The van der Waals surface area contributed by atoms with Gasteiger partial charge in [-0.15, -0.1) is 0 Å². The number of methoxy groups -OCH3 is 1. The Kier molecular flexibility index (Phi) is 4.39. The second-order valence-corrected chi connectivity index (χ2v) is 6.57. The lowest BCUT2D eigenvalue weighted by Crippen LogP contribution is -2.52.